The summed E-state index contributed by atoms with van der Waals surface area (Å²) in [4.78, 5) is 37.7. The van der Waals surface area contributed by atoms with Crippen molar-refractivity contribution in [1.82, 2.24) is 10.2 Å². The van der Waals surface area contributed by atoms with E-state index in [2.05, 4.69) is 5.32 Å². The van der Waals surface area contributed by atoms with Gasteiger partial charge >= 0.3 is 12.1 Å². The quantitative estimate of drug-likeness (QED) is 0.638. The summed E-state index contributed by atoms with van der Waals surface area (Å²) in [6.45, 7) is 1.69. The van der Waals surface area contributed by atoms with Crippen LogP contribution in [0.15, 0.2) is 48.5 Å². The predicted octanol–water partition coefficient (Wildman–Crippen LogP) is 2.35. The molecule has 32 heavy (non-hydrogen) atoms. The largest absolute Gasteiger partial charge is 0.479 e. The van der Waals surface area contributed by atoms with Gasteiger partial charge in [-0.25, -0.2) is 9.59 Å². The fourth-order valence-electron chi connectivity index (χ4n) is 4.50. The van der Waals surface area contributed by atoms with Crippen molar-refractivity contribution in [1.29, 1.82) is 0 Å². The third-order valence-electron chi connectivity index (χ3n) is 6.30. The number of alkyl carbamates (subject to hydrolysis) is 1. The SMILES string of the molecule is CC[C@H](NC(=O)OCC1c2ccccc2-c2ccccc21)C(=O)N1CCC(O)(C(=O)O)C1. The molecule has 2 aliphatic rings. The van der Waals surface area contributed by atoms with Crippen LogP contribution in [0.25, 0.3) is 11.1 Å². The van der Waals surface area contributed by atoms with Gasteiger partial charge in [0.15, 0.2) is 5.60 Å². The number of nitrogens with one attached hydrogen (secondary N) is 1. The Bertz CT molecular complexity index is 1010. The Hall–Kier alpha value is -3.39. The Morgan fingerprint density at radius 1 is 1.12 bits per heavy atom. The Morgan fingerprint density at radius 3 is 2.25 bits per heavy atom. The van der Waals surface area contributed by atoms with E-state index in [1.54, 1.807) is 6.92 Å². The molecule has 3 N–H and O–H groups in total. The molecule has 2 amide bonds. The van der Waals surface area contributed by atoms with E-state index in [4.69, 9.17) is 9.84 Å². The Kier molecular flexibility index (Phi) is 5.88. The van der Waals surface area contributed by atoms with E-state index < -0.39 is 29.6 Å². The van der Waals surface area contributed by atoms with Gasteiger partial charge in [0.1, 0.15) is 12.6 Å². The molecule has 0 spiro atoms. The summed E-state index contributed by atoms with van der Waals surface area (Å²) in [5.41, 5.74) is 2.49. The number of amides is 2. The first kappa shape index (κ1) is 21.8. The molecule has 1 aliphatic heterocycles. The molecule has 0 bridgehead atoms. The zero-order valence-electron chi connectivity index (χ0n) is 17.8. The van der Waals surface area contributed by atoms with Crippen molar-refractivity contribution in [2.75, 3.05) is 19.7 Å². The lowest BCUT2D eigenvalue weighted by Gasteiger charge is -2.24. The lowest BCUT2D eigenvalue weighted by molar-refractivity contribution is -0.157. The van der Waals surface area contributed by atoms with Gasteiger partial charge in [-0.2, -0.15) is 0 Å². The fraction of sp³-hybridized carbons (Fsp3) is 0.375. The molecular weight excluding hydrogens is 412 g/mol. The lowest BCUT2D eigenvalue weighted by atomic mass is 9.98. The average Bonchev–Trinajstić information content (AvgIpc) is 3.35. The minimum absolute atomic E-state index is 0.0462. The molecule has 1 aliphatic carbocycles. The second-order valence-electron chi connectivity index (χ2n) is 8.28. The van der Waals surface area contributed by atoms with Gasteiger partial charge in [-0.15, -0.1) is 0 Å². The summed E-state index contributed by atoms with van der Waals surface area (Å²) in [7, 11) is 0. The van der Waals surface area contributed by atoms with Crippen molar-refractivity contribution in [3.63, 3.8) is 0 Å². The molecular formula is C24H26N2O6. The number of ether oxygens (including phenoxy) is 1. The average molecular weight is 438 g/mol. The van der Waals surface area contributed by atoms with Crippen LogP contribution in [0, 0.1) is 0 Å². The molecule has 0 aromatic heterocycles. The molecule has 2 aromatic rings. The normalized spacial score (nSPS) is 20.4. The number of likely N-dealkylation sites (tertiary alicyclic amines) is 1. The van der Waals surface area contributed by atoms with Crippen LogP contribution >= 0.6 is 0 Å². The molecule has 168 valence electrons. The van der Waals surface area contributed by atoms with Crippen molar-refractivity contribution < 1.29 is 29.3 Å². The number of fused-ring (bicyclic) bond motifs is 3. The van der Waals surface area contributed by atoms with Gasteiger partial charge in [-0.1, -0.05) is 55.5 Å². The number of β-amino-alcohol motifs (C(OH)–C–C–N with tert-alkyl or cyclic N) is 1. The van der Waals surface area contributed by atoms with Crippen molar-refractivity contribution in [2.45, 2.75) is 37.3 Å². The molecule has 8 nitrogen and oxygen atoms in total. The number of carboxylic acid groups (broad SMARTS) is 1. The van der Waals surface area contributed by atoms with Crippen LogP contribution in [0.1, 0.15) is 36.8 Å². The van der Waals surface area contributed by atoms with E-state index in [9.17, 15) is 19.5 Å². The third-order valence-corrected chi connectivity index (χ3v) is 6.30. The summed E-state index contributed by atoms with van der Waals surface area (Å²) < 4.78 is 5.50. The van der Waals surface area contributed by atoms with Crippen molar-refractivity contribution >= 4 is 18.0 Å². The number of nitrogens with zero attached hydrogens (tertiary/aromatic N) is 1. The zero-order valence-corrected chi connectivity index (χ0v) is 17.8. The lowest BCUT2D eigenvalue weighted by Crippen LogP contribution is -2.50. The molecule has 0 radical (unpaired) electrons. The topological polar surface area (TPSA) is 116 Å². The van der Waals surface area contributed by atoms with Gasteiger partial charge in [0.2, 0.25) is 5.91 Å². The number of hydrogen-bond acceptors (Lipinski definition) is 5. The number of carboxylic acids is 1. The number of aliphatic carboxylic acids is 1. The Balaban J connectivity index is 1.38. The maximum absolute atomic E-state index is 12.8. The molecule has 0 saturated carbocycles. The highest BCUT2D eigenvalue weighted by molar-refractivity contribution is 5.87. The van der Waals surface area contributed by atoms with E-state index in [0.717, 1.165) is 22.3 Å². The summed E-state index contributed by atoms with van der Waals surface area (Å²) in [6, 6.07) is 15.2. The molecule has 8 heteroatoms. The molecule has 1 unspecified atom stereocenters. The number of hydrogen-bond donors (Lipinski definition) is 3. The van der Waals surface area contributed by atoms with Crippen LogP contribution in [0.3, 0.4) is 0 Å². The van der Waals surface area contributed by atoms with Crippen molar-refractivity contribution in [3.8, 4) is 11.1 Å². The van der Waals surface area contributed by atoms with Crippen molar-refractivity contribution in [2.24, 2.45) is 0 Å². The summed E-state index contributed by atoms with van der Waals surface area (Å²) >= 11 is 0. The highest BCUT2D eigenvalue weighted by atomic mass is 16.5. The van der Waals surface area contributed by atoms with Gasteiger partial charge in [0.25, 0.3) is 0 Å². The number of carbonyl (C=O) groups is 3. The summed E-state index contributed by atoms with van der Waals surface area (Å²) in [6.07, 6.45) is -0.444. The number of aliphatic hydroxyl groups is 1. The van der Waals surface area contributed by atoms with Crippen LogP contribution in [0.4, 0.5) is 4.79 Å². The Labute approximate surface area is 185 Å². The van der Waals surface area contributed by atoms with Crippen LogP contribution < -0.4 is 5.32 Å². The standard InChI is InChI=1S/C24H26N2O6/c1-2-20(21(27)26-12-11-24(31,14-26)22(28)29)25-23(30)32-13-19-17-9-5-3-7-15(17)16-8-4-6-10-18(16)19/h3-10,19-20,31H,2,11-14H2,1H3,(H,25,30)(H,28,29)/t20-,24?/m0/s1. The van der Waals surface area contributed by atoms with Crippen molar-refractivity contribution in [3.05, 3.63) is 59.7 Å². The molecule has 4 rings (SSSR count). The Morgan fingerprint density at radius 2 is 1.72 bits per heavy atom. The van der Waals surface area contributed by atoms with Gasteiger partial charge in [-0.3, -0.25) is 4.79 Å². The van der Waals surface area contributed by atoms with Crippen LogP contribution in [0.2, 0.25) is 0 Å². The first-order valence-corrected chi connectivity index (χ1v) is 10.7. The minimum Gasteiger partial charge on any atom is -0.479 e. The first-order valence-electron chi connectivity index (χ1n) is 10.7. The van der Waals surface area contributed by atoms with E-state index >= 15 is 0 Å². The van der Waals surface area contributed by atoms with E-state index in [1.165, 1.54) is 4.90 Å². The number of carbonyl (C=O) groups excluding carboxylic acids is 2. The zero-order chi connectivity index (χ0) is 22.9. The molecule has 1 saturated heterocycles. The summed E-state index contributed by atoms with van der Waals surface area (Å²) in [5, 5.41) is 21.8. The molecule has 2 atom stereocenters. The van der Waals surface area contributed by atoms with Gasteiger partial charge in [0, 0.05) is 18.9 Å². The van der Waals surface area contributed by atoms with Gasteiger partial charge in [-0.05, 0) is 28.7 Å². The number of rotatable bonds is 6. The van der Waals surface area contributed by atoms with E-state index in [1.807, 2.05) is 48.5 Å². The highest BCUT2D eigenvalue weighted by Gasteiger charge is 2.45. The third kappa shape index (κ3) is 3.93. The minimum atomic E-state index is -1.95. The monoisotopic (exact) mass is 438 g/mol. The fourth-order valence-corrected chi connectivity index (χ4v) is 4.50. The molecule has 1 fully saturated rings. The smallest absolute Gasteiger partial charge is 0.407 e. The van der Waals surface area contributed by atoms with Crippen LogP contribution in [-0.4, -0.2) is 64.4 Å². The van der Waals surface area contributed by atoms with Crippen LogP contribution in [0.5, 0.6) is 0 Å². The van der Waals surface area contributed by atoms with Crippen LogP contribution in [-0.2, 0) is 14.3 Å². The van der Waals surface area contributed by atoms with E-state index in [0.29, 0.717) is 6.42 Å². The summed E-state index contributed by atoms with van der Waals surface area (Å²) in [5.74, 6) is -1.88. The highest BCUT2D eigenvalue weighted by Crippen LogP contribution is 2.44. The molecule has 2 aromatic carbocycles. The predicted molar refractivity (Wildman–Crippen MR) is 116 cm³/mol. The maximum atomic E-state index is 12.8. The molecule has 1 heterocycles. The maximum Gasteiger partial charge on any atom is 0.407 e. The second-order valence-corrected chi connectivity index (χ2v) is 8.28. The number of benzene rings is 2. The second kappa shape index (κ2) is 8.63. The van der Waals surface area contributed by atoms with Gasteiger partial charge in [0.05, 0.1) is 6.54 Å². The van der Waals surface area contributed by atoms with E-state index in [-0.39, 0.29) is 32.0 Å². The van der Waals surface area contributed by atoms with Gasteiger partial charge < -0.3 is 25.2 Å². The first-order chi connectivity index (χ1) is 15.3.